The van der Waals surface area contributed by atoms with E-state index in [1.165, 1.54) is 6.92 Å². The van der Waals surface area contributed by atoms with E-state index in [9.17, 15) is 34.2 Å². The summed E-state index contributed by atoms with van der Waals surface area (Å²) >= 11 is 0. The van der Waals surface area contributed by atoms with Crippen LogP contribution in [-0.2, 0) is 23.9 Å². The Balaban J connectivity index is 5.10. The Kier molecular flexibility index (Phi) is 10.0. The van der Waals surface area contributed by atoms with E-state index >= 15 is 0 Å². The number of nitrogens with one attached hydrogen (secondary N) is 3. The molecule has 5 amide bonds. The number of primary amides is 2. The second-order valence-electron chi connectivity index (χ2n) is 7.30. The van der Waals surface area contributed by atoms with Gasteiger partial charge in [0.05, 0.1) is 18.9 Å². The molecule has 0 radical (unpaired) electrons. The van der Waals surface area contributed by atoms with Gasteiger partial charge in [-0.15, -0.1) is 0 Å². The molecule has 0 heterocycles. The topological polar surface area (TPSA) is 223 Å². The van der Waals surface area contributed by atoms with Crippen molar-refractivity contribution < 1.29 is 38.9 Å². The molecular weight excluding hydrogens is 390 g/mol. The Labute approximate surface area is 167 Å². The third kappa shape index (κ3) is 11.5. The van der Waals surface area contributed by atoms with E-state index in [1.54, 1.807) is 20.8 Å². The number of nitrogens with two attached hydrogens (primary N) is 2. The predicted octanol–water partition coefficient (Wildman–Crippen LogP) is -3.07. The second-order valence-corrected chi connectivity index (χ2v) is 7.30. The van der Waals surface area contributed by atoms with Gasteiger partial charge in [-0.25, -0.2) is 4.79 Å². The van der Waals surface area contributed by atoms with E-state index in [2.05, 4.69) is 16.0 Å². The van der Waals surface area contributed by atoms with Gasteiger partial charge in [0.1, 0.15) is 17.7 Å². The molecule has 3 atom stereocenters. The van der Waals surface area contributed by atoms with Crippen LogP contribution in [0.1, 0.15) is 40.5 Å². The lowest BCUT2D eigenvalue weighted by Crippen LogP contribution is -2.57. The Hall–Kier alpha value is -2.93. The summed E-state index contributed by atoms with van der Waals surface area (Å²) in [6.07, 6.45) is -4.22. The number of rotatable bonds is 10. The Bertz CT molecular complexity index is 631. The quantitative estimate of drug-likeness (QED) is 0.179. The summed E-state index contributed by atoms with van der Waals surface area (Å²) in [5.74, 6) is -3.71. The number of aliphatic hydroxyl groups is 2. The van der Waals surface area contributed by atoms with Crippen molar-refractivity contribution in [1.29, 1.82) is 0 Å². The van der Waals surface area contributed by atoms with Gasteiger partial charge in [0.2, 0.25) is 23.6 Å². The van der Waals surface area contributed by atoms with E-state index in [1.807, 2.05) is 0 Å². The molecule has 0 aromatic rings. The van der Waals surface area contributed by atoms with Crippen LogP contribution in [0.4, 0.5) is 4.79 Å². The highest BCUT2D eigenvalue weighted by Crippen LogP contribution is 2.07. The molecule has 13 nitrogen and oxygen atoms in total. The lowest BCUT2D eigenvalue weighted by Gasteiger charge is -2.25. The molecule has 0 bridgehead atoms. The van der Waals surface area contributed by atoms with Crippen LogP contribution < -0.4 is 27.4 Å². The van der Waals surface area contributed by atoms with Crippen molar-refractivity contribution in [2.75, 3.05) is 0 Å². The zero-order valence-electron chi connectivity index (χ0n) is 16.7. The van der Waals surface area contributed by atoms with Gasteiger partial charge in [-0.2, -0.15) is 0 Å². The minimum absolute atomic E-state index is 0.600. The monoisotopic (exact) mass is 419 g/mol. The van der Waals surface area contributed by atoms with Crippen LogP contribution in [-0.4, -0.2) is 70.0 Å². The lowest BCUT2D eigenvalue weighted by molar-refractivity contribution is -0.136. The van der Waals surface area contributed by atoms with Gasteiger partial charge < -0.3 is 42.4 Å². The van der Waals surface area contributed by atoms with Crippen LogP contribution in [0.3, 0.4) is 0 Å². The van der Waals surface area contributed by atoms with Gasteiger partial charge in [-0.3, -0.25) is 19.2 Å². The molecule has 0 aromatic carbocycles. The van der Waals surface area contributed by atoms with Crippen molar-refractivity contribution in [3.05, 3.63) is 0 Å². The fraction of sp³-hybridized carbons (Fsp3) is 0.688. The first-order valence-corrected chi connectivity index (χ1v) is 8.65. The minimum atomic E-state index is -2.12. The molecule has 9 N–H and O–H groups in total. The maximum absolute atomic E-state index is 12.3. The molecule has 0 unspecified atom stereocenters. The van der Waals surface area contributed by atoms with Crippen molar-refractivity contribution in [3.63, 3.8) is 0 Å². The average molecular weight is 419 g/mol. The second kappa shape index (κ2) is 11.2. The van der Waals surface area contributed by atoms with E-state index in [4.69, 9.17) is 16.2 Å². The van der Waals surface area contributed by atoms with Gasteiger partial charge in [-0.1, -0.05) is 0 Å². The summed E-state index contributed by atoms with van der Waals surface area (Å²) in [5.41, 5.74) is 9.24. The van der Waals surface area contributed by atoms with E-state index in [0.717, 1.165) is 0 Å². The van der Waals surface area contributed by atoms with Crippen molar-refractivity contribution in [2.45, 2.75) is 70.6 Å². The predicted molar refractivity (Wildman–Crippen MR) is 98.5 cm³/mol. The molecule has 0 spiro atoms. The number of alkyl carbamates (subject to hydrolysis) is 1. The van der Waals surface area contributed by atoms with Gasteiger partial charge in [-0.05, 0) is 27.7 Å². The highest BCUT2D eigenvalue weighted by Gasteiger charge is 2.30. The largest absolute Gasteiger partial charge is 0.444 e. The molecule has 29 heavy (non-hydrogen) atoms. The van der Waals surface area contributed by atoms with E-state index < -0.39 is 72.6 Å². The molecule has 0 aliphatic rings. The number of amides is 5. The maximum atomic E-state index is 12.3. The summed E-state index contributed by atoms with van der Waals surface area (Å²) < 4.78 is 5.01. The number of hydrogen-bond donors (Lipinski definition) is 7. The SMILES string of the molecule is C[C@H](NC(=O)OC(C)(C)C)C(=O)N[C@H](CC(N)=O)C(=O)N[C@@H](CC(N)=O)C(O)O. The molecule has 0 fully saturated rings. The van der Waals surface area contributed by atoms with Crippen LogP contribution in [0.2, 0.25) is 0 Å². The van der Waals surface area contributed by atoms with E-state index in [-0.39, 0.29) is 0 Å². The molecule has 0 aromatic heterocycles. The minimum Gasteiger partial charge on any atom is -0.444 e. The zero-order chi connectivity index (χ0) is 22.9. The van der Waals surface area contributed by atoms with Crippen LogP contribution in [0.25, 0.3) is 0 Å². The summed E-state index contributed by atoms with van der Waals surface area (Å²) in [7, 11) is 0. The Morgan fingerprint density at radius 3 is 1.83 bits per heavy atom. The van der Waals surface area contributed by atoms with E-state index in [0.29, 0.717) is 0 Å². The van der Waals surface area contributed by atoms with Crippen LogP contribution in [0, 0.1) is 0 Å². The van der Waals surface area contributed by atoms with Gasteiger partial charge >= 0.3 is 6.09 Å². The first kappa shape index (κ1) is 26.1. The third-order valence-corrected chi connectivity index (χ3v) is 3.27. The molecule has 0 aliphatic heterocycles. The third-order valence-electron chi connectivity index (χ3n) is 3.27. The maximum Gasteiger partial charge on any atom is 0.408 e. The molecule has 166 valence electrons. The fourth-order valence-corrected chi connectivity index (χ4v) is 1.99. The first-order chi connectivity index (χ1) is 13.1. The normalized spacial score (nSPS) is 14.3. The van der Waals surface area contributed by atoms with Crippen LogP contribution in [0.15, 0.2) is 0 Å². The summed E-state index contributed by atoms with van der Waals surface area (Å²) in [4.78, 5) is 58.5. The average Bonchev–Trinajstić information content (AvgIpc) is 2.50. The Morgan fingerprint density at radius 2 is 1.41 bits per heavy atom. The van der Waals surface area contributed by atoms with Gasteiger partial charge in [0.25, 0.3) is 0 Å². The number of aliphatic hydroxyl groups excluding tert-OH is 1. The molecule has 13 heteroatoms. The fourth-order valence-electron chi connectivity index (χ4n) is 1.99. The first-order valence-electron chi connectivity index (χ1n) is 8.65. The van der Waals surface area contributed by atoms with Crippen molar-refractivity contribution >= 4 is 29.7 Å². The van der Waals surface area contributed by atoms with Crippen LogP contribution in [0.5, 0.6) is 0 Å². The number of carbonyl (C=O) groups is 5. The number of ether oxygens (including phenoxy) is 1. The van der Waals surface area contributed by atoms with Gasteiger partial charge in [0, 0.05) is 0 Å². The zero-order valence-corrected chi connectivity index (χ0v) is 16.7. The molecule has 0 saturated carbocycles. The van der Waals surface area contributed by atoms with Crippen molar-refractivity contribution in [2.24, 2.45) is 11.5 Å². The summed E-state index contributed by atoms with van der Waals surface area (Å²) in [5, 5.41) is 25.0. The lowest BCUT2D eigenvalue weighted by atomic mass is 10.1. The molecule has 0 aliphatic carbocycles. The molecule has 0 rings (SSSR count). The molecule has 0 saturated heterocycles. The highest BCUT2D eigenvalue weighted by molar-refractivity contribution is 5.94. The Morgan fingerprint density at radius 1 is 0.897 bits per heavy atom. The highest BCUT2D eigenvalue weighted by atomic mass is 16.6. The molecular formula is C16H29N5O8. The summed E-state index contributed by atoms with van der Waals surface area (Å²) in [6.45, 7) is 6.19. The van der Waals surface area contributed by atoms with Crippen molar-refractivity contribution in [1.82, 2.24) is 16.0 Å². The van der Waals surface area contributed by atoms with Gasteiger partial charge in [0.15, 0.2) is 6.29 Å². The number of carbonyl (C=O) groups excluding carboxylic acids is 5. The number of hydrogen-bond acceptors (Lipinski definition) is 8. The van der Waals surface area contributed by atoms with Crippen molar-refractivity contribution in [3.8, 4) is 0 Å². The summed E-state index contributed by atoms with van der Waals surface area (Å²) in [6, 6.07) is -4.11. The smallest absolute Gasteiger partial charge is 0.408 e. The van der Waals surface area contributed by atoms with Crippen LogP contribution >= 0.6 is 0 Å². The standard InChI is InChI=1S/C16H29N5O8/c1-7(19-15(28)29-16(2,3)4)12(24)20-8(5-10(17)22)13(25)21-9(14(26)27)6-11(18)23/h7-9,14,26-27H,5-6H2,1-4H3,(H2,17,22)(H2,18,23)(H,19,28)(H,20,24)(H,21,25)/t7-,8+,9-/m0/s1.